The highest BCUT2D eigenvalue weighted by molar-refractivity contribution is 6.32. The number of nitrogens with one attached hydrogen (secondary N) is 1. The zero-order valence-electron chi connectivity index (χ0n) is 17.0. The number of benzene rings is 2. The Bertz CT molecular complexity index is 1160. The van der Waals surface area contributed by atoms with Gasteiger partial charge in [-0.25, -0.2) is 4.98 Å². The summed E-state index contributed by atoms with van der Waals surface area (Å²) in [6.07, 6.45) is 3.04. The maximum Gasteiger partial charge on any atom is 0.269 e. The maximum atomic E-state index is 12.2. The lowest BCUT2D eigenvalue weighted by molar-refractivity contribution is 0.0949. The third-order valence-electron chi connectivity index (χ3n) is 4.89. The third kappa shape index (κ3) is 5.22. The molecule has 0 bridgehead atoms. The Kier molecular flexibility index (Phi) is 6.79. The van der Waals surface area contributed by atoms with Crippen molar-refractivity contribution in [2.45, 2.75) is 19.4 Å². The van der Waals surface area contributed by atoms with Crippen molar-refractivity contribution in [3.63, 3.8) is 0 Å². The summed E-state index contributed by atoms with van der Waals surface area (Å²) in [5.41, 5.74) is 2.43. The number of rotatable bonds is 9. The highest BCUT2D eigenvalue weighted by Gasteiger charge is 2.12. The smallest absolute Gasteiger partial charge is 0.269 e. The molecule has 0 spiro atoms. The third-order valence-corrected chi connectivity index (χ3v) is 5.20. The topological polar surface area (TPSA) is 69.0 Å². The summed E-state index contributed by atoms with van der Waals surface area (Å²) in [7, 11) is 0. The standard InChI is InChI=1S/C24H23ClN4O2/c25-18-8-1-4-12-22(18)31-17-7-16-29-21-11-3-2-9-19(21)28-23(29)13-15-27-24(30)20-10-5-6-14-26-20/h1-6,8-12,14H,7,13,15-17H2,(H,27,30). The molecular formula is C24H23ClN4O2. The van der Waals surface area contributed by atoms with Gasteiger partial charge in [0.1, 0.15) is 17.3 Å². The number of imidazole rings is 1. The second-order valence-electron chi connectivity index (χ2n) is 7.02. The van der Waals surface area contributed by atoms with E-state index in [0.717, 1.165) is 29.8 Å². The number of halogens is 1. The van der Waals surface area contributed by atoms with E-state index in [9.17, 15) is 4.79 Å². The van der Waals surface area contributed by atoms with E-state index < -0.39 is 0 Å². The molecular weight excluding hydrogens is 412 g/mol. The number of carbonyl (C=O) groups excluding carboxylic acids is 1. The minimum Gasteiger partial charge on any atom is -0.492 e. The number of ether oxygens (including phenoxy) is 1. The highest BCUT2D eigenvalue weighted by atomic mass is 35.5. The van der Waals surface area contributed by atoms with Crippen LogP contribution in [-0.2, 0) is 13.0 Å². The number of hydrogen-bond acceptors (Lipinski definition) is 4. The lowest BCUT2D eigenvalue weighted by Gasteiger charge is -2.11. The van der Waals surface area contributed by atoms with Crippen LogP contribution in [0.2, 0.25) is 5.02 Å². The largest absolute Gasteiger partial charge is 0.492 e. The summed E-state index contributed by atoms with van der Waals surface area (Å²) >= 11 is 6.15. The number of para-hydroxylation sites is 3. The van der Waals surface area contributed by atoms with Crippen LogP contribution in [0.1, 0.15) is 22.7 Å². The van der Waals surface area contributed by atoms with Crippen LogP contribution in [-0.4, -0.2) is 33.6 Å². The van der Waals surface area contributed by atoms with Crippen LogP contribution in [0.25, 0.3) is 11.0 Å². The Morgan fingerprint density at radius 2 is 1.84 bits per heavy atom. The van der Waals surface area contributed by atoms with Crippen LogP contribution < -0.4 is 10.1 Å². The molecule has 1 N–H and O–H groups in total. The molecule has 7 heteroatoms. The first kappa shape index (κ1) is 20.9. The Labute approximate surface area is 185 Å². The van der Waals surface area contributed by atoms with Gasteiger partial charge < -0.3 is 14.6 Å². The predicted octanol–water partition coefficient (Wildman–Crippen LogP) is 4.53. The van der Waals surface area contributed by atoms with Gasteiger partial charge in [-0.2, -0.15) is 0 Å². The molecule has 2 aromatic carbocycles. The van der Waals surface area contributed by atoms with Gasteiger partial charge in [-0.05, 0) is 42.8 Å². The normalized spacial score (nSPS) is 10.9. The van der Waals surface area contributed by atoms with Crippen LogP contribution >= 0.6 is 11.6 Å². The van der Waals surface area contributed by atoms with Crippen molar-refractivity contribution in [3.05, 3.63) is 89.5 Å². The molecule has 6 nitrogen and oxygen atoms in total. The number of pyridine rings is 1. The summed E-state index contributed by atoms with van der Waals surface area (Å²) < 4.78 is 8.01. The van der Waals surface area contributed by atoms with Gasteiger partial charge in [0.25, 0.3) is 5.91 Å². The molecule has 4 rings (SSSR count). The number of fused-ring (bicyclic) bond motifs is 1. The molecule has 4 aromatic rings. The fraction of sp³-hybridized carbons (Fsp3) is 0.208. The second-order valence-corrected chi connectivity index (χ2v) is 7.43. The van der Waals surface area contributed by atoms with Gasteiger partial charge in [-0.1, -0.05) is 41.9 Å². The number of amides is 1. The van der Waals surface area contributed by atoms with Crippen LogP contribution in [0.5, 0.6) is 5.75 Å². The molecule has 2 heterocycles. The molecule has 0 aliphatic rings. The maximum absolute atomic E-state index is 12.2. The highest BCUT2D eigenvalue weighted by Crippen LogP contribution is 2.23. The Morgan fingerprint density at radius 1 is 1.03 bits per heavy atom. The molecule has 0 unspecified atom stereocenters. The zero-order valence-corrected chi connectivity index (χ0v) is 17.8. The van der Waals surface area contributed by atoms with Crippen molar-refractivity contribution < 1.29 is 9.53 Å². The molecule has 0 atom stereocenters. The number of aromatic nitrogens is 3. The fourth-order valence-electron chi connectivity index (χ4n) is 3.41. The van der Waals surface area contributed by atoms with E-state index in [2.05, 4.69) is 20.9 Å². The first-order valence-electron chi connectivity index (χ1n) is 10.2. The van der Waals surface area contributed by atoms with Gasteiger partial charge in [0, 0.05) is 25.7 Å². The first-order valence-corrected chi connectivity index (χ1v) is 10.6. The monoisotopic (exact) mass is 434 g/mol. The van der Waals surface area contributed by atoms with Gasteiger partial charge in [0.2, 0.25) is 0 Å². The number of nitrogens with zero attached hydrogens (tertiary/aromatic N) is 3. The van der Waals surface area contributed by atoms with Crippen molar-refractivity contribution in [1.82, 2.24) is 19.9 Å². The van der Waals surface area contributed by atoms with E-state index in [1.807, 2.05) is 42.5 Å². The summed E-state index contributed by atoms with van der Waals surface area (Å²) in [6.45, 7) is 1.79. The van der Waals surface area contributed by atoms with Gasteiger partial charge >= 0.3 is 0 Å². The predicted molar refractivity (Wildman–Crippen MR) is 122 cm³/mol. The lowest BCUT2D eigenvalue weighted by Crippen LogP contribution is -2.27. The molecule has 1 amide bonds. The fourth-order valence-corrected chi connectivity index (χ4v) is 3.60. The van der Waals surface area contributed by atoms with Crippen LogP contribution in [0.4, 0.5) is 0 Å². The molecule has 0 saturated carbocycles. The molecule has 0 aliphatic heterocycles. The lowest BCUT2D eigenvalue weighted by atomic mass is 10.3. The van der Waals surface area contributed by atoms with Crippen molar-refractivity contribution >= 4 is 28.5 Å². The summed E-state index contributed by atoms with van der Waals surface area (Å²) in [6, 6.07) is 20.8. The number of aryl methyl sites for hydroxylation is 1. The molecule has 0 aliphatic carbocycles. The molecule has 0 fully saturated rings. The minimum atomic E-state index is -0.184. The van der Waals surface area contributed by atoms with Crippen molar-refractivity contribution in [1.29, 1.82) is 0 Å². The number of carbonyl (C=O) groups is 1. The van der Waals surface area contributed by atoms with Crippen LogP contribution in [0.15, 0.2) is 72.9 Å². The van der Waals surface area contributed by atoms with Crippen molar-refractivity contribution in [2.24, 2.45) is 0 Å². The van der Waals surface area contributed by atoms with Crippen molar-refractivity contribution in [2.75, 3.05) is 13.2 Å². The zero-order chi connectivity index (χ0) is 21.5. The quantitative estimate of drug-likeness (QED) is 0.393. The van der Waals surface area contributed by atoms with Gasteiger partial charge in [-0.15, -0.1) is 0 Å². The van der Waals surface area contributed by atoms with E-state index in [1.54, 1.807) is 24.4 Å². The van der Waals surface area contributed by atoms with Crippen molar-refractivity contribution in [3.8, 4) is 5.75 Å². The second kappa shape index (κ2) is 10.1. The first-order chi connectivity index (χ1) is 15.2. The average molecular weight is 435 g/mol. The summed E-state index contributed by atoms with van der Waals surface area (Å²) in [5, 5.41) is 3.53. The van der Waals surface area contributed by atoms with E-state index in [4.69, 9.17) is 21.3 Å². The van der Waals surface area contributed by atoms with E-state index in [-0.39, 0.29) is 5.91 Å². The van der Waals surface area contributed by atoms with Crippen LogP contribution in [0.3, 0.4) is 0 Å². The summed E-state index contributed by atoms with van der Waals surface area (Å²) in [4.78, 5) is 21.1. The molecule has 31 heavy (non-hydrogen) atoms. The van der Waals surface area contributed by atoms with Gasteiger partial charge in [0.05, 0.1) is 22.7 Å². The average Bonchev–Trinajstić information content (AvgIpc) is 3.15. The van der Waals surface area contributed by atoms with Gasteiger partial charge in [-0.3, -0.25) is 9.78 Å². The molecule has 2 aromatic heterocycles. The Hall–Kier alpha value is -3.38. The molecule has 0 radical (unpaired) electrons. The van der Waals surface area contributed by atoms with Crippen LogP contribution in [0, 0.1) is 0 Å². The summed E-state index contributed by atoms with van der Waals surface area (Å²) in [5.74, 6) is 1.44. The molecule has 158 valence electrons. The van der Waals surface area contributed by atoms with E-state index in [1.165, 1.54) is 0 Å². The Morgan fingerprint density at radius 3 is 2.68 bits per heavy atom. The number of hydrogen-bond donors (Lipinski definition) is 1. The van der Waals surface area contributed by atoms with E-state index in [0.29, 0.717) is 36.0 Å². The van der Waals surface area contributed by atoms with Gasteiger partial charge in [0.15, 0.2) is 0 Å². The Balaban J connectivity index is 1.38. The SMILES string of the molecule is O=C(NCCc1nc2ccccc2n1CCCOc1ccccc1Cl)c1ccccn1. The van der Waals surface area contributed by atoms with E-state index >= 15 is 0 Å². The molecule has 0 saturated heterocycles. The minimum absolute atomic E-state index is 0.184.